The van der Waals surface area contributed by atoms with Crippen LogP contribution in [0.4, 0.5) is 0 Å². The highest BCUT2D eigenvalue weighted by Crippen LogP contribution is 2.31. The largest absolute Gasteiger partial charge is 0.383 e. The minimum absolute atomic E-state index is 0.566. The fraction of sp³-hybridized carbons (Fsp3) is 0.417. The molecule has 2 aromatic heterocycles. The van der Waals surface area contributed by atoms with E-state index < -0.39 is 6.10 Å². The van der Waals surface area contributed by atoms with Crippen LogP contribution in [0.2, 0.25) is 0 Å². The summed E-state index contributed by atoms with van der Waals surface area (Å²) in [5.41, 5.74) is 2.80. The summed E-state index contributed by atoms with van der Waals surface area (Å²) >= 11 is 5.03. The maximum absolute atomic E-state index is 10.5. The number of nitrogens with zero attached hydrogens (tertiary/aromatic N) is 2. The van der Waals surface area contributed by atoms with E-state index in [2.05, 4.69) is 21.0 Å². The molecule has 0 radical (unpaired) electrons. The summed E-state index contributed by atoms with van der Waals surface area (Å²) in [5.74, 6) is 0. The number of halogens is 1. The van der Waals surface area contributed by atoms with Gasteiger partial charge in [0.15, 0.2) is 0 Å². The Morgan fingerprint density at radius 2 is 2.33 bits per heavy atom. The lowest BCUT2D eigenvalue weighted by atomic mass is 10.1. The van der Waals surface area contributed by atoms with Gasteiger partial charge in [0.2, 0.25) is 0 Å². The third kappa shape index (κ3) is 2.66. The molecule has 2 heterocycles. The Labute approximate surface area is 118 Å². The summed E-state index contributed by atoms with van der Waals surface area (Å²) < 4.78 is 7.64. The number of aliphatic hydroxyl groups is 1. The number of hydrogen-bond acceptors (Lipinski definition) is 4. The maximum atomic E-state index is 10.5. The van der Waals surface area contributed by atoms with E-state index in [-0.39, 0.29) is 0 Å². The van der Waals surface area contributed by atoms with E-state index in [0.717, 1.165) is 21.3 Å². The number of aromatic nitrogens is 2. The summed E-state index contributed by atoms with van der Waals surface area (Å²) in [7, 11) is 1.65. The van der Waals surface area contributed by atoms with Crippen molar-refractivity contribution in [2.75, 3.05) is 13.7 Å². The molecule has 0 aliphatic carbocycles. The lowest BCUT2D eigenvalue weighted by molar-refractivity contribution is 0.171. The first-order valence-corrected chi connectivity index (χ1v) is 7.29. The van der Waals surface area contributed by atoms with Gasteiger partial charge in [-0.05, 0) is 39.2 Å². The number of hydrogen-bond donors (Lipinski definition) is 1. The summed E-state index contributed by atoms with van der Waals surface area (Å²) in [4.78, 5) is 0. The van der Waals surface area contributed by atoms with Crippen LogP contribution in [-0.4, -0.2) is 28.6 Å². The molecule has 4 nitrogen and oxygen atoms in total. The van der Waals surface area contributed by atoms with E-state index in [0.29, 0.717) is 13.2 Å². The molecular formula is C12H15BrN2O2S. The van der Waals surface area contributed by atoms with Crippen molar-refractivity contribution in [3.63, 3.8) is 0 Å². The molecule has 0 saturated carbocycles. The number of rotatable bonds is 5. The summed E-state index contributed by atoms with van der Waals surface area (Å²) in [6.07, 6.45) is 1.04. The average molecular weight is 331 g/mol. The second kappa shape index (κ2) is 5.97. The van der Waals surface area contributed by atoms with Crippen molar-refractivity contribution in [2.45, 2.75) is 19.6 Å². The third-order valence-electron chi connectivity index (χ3n) is 2.79. The fourth-order valence-corrected chi connectivity index (χ4v) is 3.18. The number of aliphatic hydroxyl groups excluding tert-OH is 1. The van der Waals surface area contributed by atoms with Gasteiger partial charge in [0, 0.05) is 12.7 Å². The summed E-state index contributed by atoms with van der Waals surface area (Å²) in [5, 5.41) is 18.7. The van der Waals surface area contributed by atoms with E-state index in [1.165, 1.54) is 0 Å². The monoisotopic (exact) mass is 330 g/mol. The van der Waals surface area contributed by atoms with Crippen LogP contribution in [0.5, 0.6) is 0 Å². The van der Waals surface area contributed by atoms with Gasteiger partial charge in [0.05, 0.1) is 29.5 Å². The zero-order chi connectivity index (χ0) is 13.1. The van der Waals surface area contributed by atoms with Crippen LogP contribution < -0.4 is 0 Å². The number of thiophene rings is 1. The van der Waals surface area contributed by atoms with Crippen LogP contribution in [0.15, 0.2) is 21.4 Å². The third-order valence-corrected chi connectivity index (χ3v) is 4.28. The molecule has 98 valence electrons. The molecule has 18 heavy (non-hydrogen) atoms. The molecule has 2 rings (SSSR count). The highest BCUT2D eigenvalue weighted by atomic mass is 79.9. The van der Waals surface area contributed by atoms with E-state index >= 15 is 0 Å². The predicted octanol–water partition coefficient (Wildman–Crippen LogP) is 2.74. The SMILES string of the molecule is COCCn1ncc(Br)c1C(O)c1cscc1C. The van der Waals surface area contributed by atoms with Crippen LogP contribution in [-0.2, 0) is 11.3 Å². The van der Waals surface area contributed by atoms with Crippen LogP contribution in [0, 0.1) is 6.92 Å². The molecule has 1 atom stereocenters. The molecule has 0 spiro atoms. The van der Waals surface area contributed by atoms with E-state index in [1.807, 2.05) is 17.7 Å². The number of ether oxygens (including phenoxy) is 1. The van der Waals surface area contributed by atoms with Crippen LogP contribution in [0.25, 0.3) is 0 Å². The molecule has 0 aliphatic heterocycles. The van der Waals surface area contributed by atoms with Gasteiger partial charge in [-0.1, -0.05) is 0 Å². The van der Waals surface area contributed by atoms with Crippen molar-refractivity contribution < 1.29 is 9.84 Å². The number of methoxy groups -OCH3 is 1. The average Bonchev–Trinajstić information content (AvgIpc) is 2.92. The van der Waals surface area contributed by atoms with Gasteiger partial charge in [0.25, 0.3) is 0 Å². The normalized spacial score (nSPS) is 12.9. The molecule has 2 aromatic rings. The van der Waals surface area contributed by atoms with Crippen LogP contribution >= 0.6 is 27.3 Å². The number of aryl methyl sites for hydroxylation is 1. The standard InChI is InChI=1S/C12H15BrN2O2S/c1-8-6-18-7-9(8)12(16)11-10(13)5-14-15(11)3-4-17-2/h5-7,12,16H,3-4H2,1-2H3. The molecule has 1 N–H and O–H groups in total. The topological polar surface area (TPSA) is 47.3 Å². The van der Waals surface area contributed by atoms with Gasteiger partial charge >= 0.3 is 0 Å². The van der Waals surface area contributed by atoms with Gasteiger partial charge in [-0.2, -0.15) is 16.4 Å². The molecule has 0 aromatic carbocycles. The predicted molar refractivity (Wildman–Crippen MR) is 74.9 cm³/mol. The molecular weight excluding hydrogens is 316 g/mol. The van der Waals surface area contributed by atoms with Gasteiger partial charge in [-0.3, -0.25) is 4.68 Å². The Bertz CT molecular complexity index is 524. The first-order valence-electron chi connectivity index (χ1n) is 5.56. The molecule has 1 unspecified atom stereocenters. The molecule has 0 fully saturated rings. The van der Waals surface area contributed by atoms with Crippen molar-refractivity contribution in [2.24, 2.45) is 0 Å². The summed E-state index contributed by atoms with van der Waals surface area (Å²) in [6, 6.07) is 0. The van der Waals surface area contributed by atoms with Crippen molar-refractivity contribution in [3.8, 4) is 0 Å². The molecule has 0 aliphatic rings. The van der Waals surface area contributed by atoms with E-state index in [1.54, 1.807) is 29.3 Å². The fourth-order valence-electron chi connectivity index (χ4n) is 1.80. The lowest BCUT2D eigenvalue weighted by Crippen LogP contribution is -2.13. The first-order chi connectivity index (χ1) is 8.65. The van der Waals surface area contributed by atoms with E-state index in [4.69, 9.17) is 4.74 Å². The quantitative estimate of drug-likeness (QED) is 0.916. The Morgan fingerprint density at radius 1 is 1.56 bits per heavy atom. The van der Waals surface area contributed by atoms with Crippen molar-refractivity contribution in [3.05, 3.63) is 38.3 Å². The minimum atomic E-state index is -0.662. The second-order valence-electron chi connectivity index (χ2n) is 4.01. The Hall–Kier alpha value is -0.690. The first kappa shape index (κ1) is 13.7. The smallest absolute Gasteiger partial charge is 0.123 e. The van der Waals surface area contributed by atoms with E-state index in [9.17, 15) is 5.11 Å². The lowest BCUT2D eigenvalue weighted by Gasteiger charge is -2.14. The van der Waals surface area contributed by atoms with Gasteiger partial charge in [-0.25, -0.2) is 0 Å². The van der Waals surface area contributed by atoms with Crippen LogP contribution in [0.1, 0.15) is 22.9 Å². The summed E-state index contributed by atoms with van der Waals surface area (Å²) in [6.45, 7) is 3.19. The molecule has 0 bridgehead atoms. The minimum Gasteiger partial charge on any atom is -0.383 e. The highest BCUT2D eigenvalue weighted by molar-refractivity contribution is 9.10. The zero-order valence-corrected chi connectivity index (χ0v) is 12.7. The molecule has 6 heteroatoms. The molecule has 0 saturated heterocycles. The second-order valence-corrected chi connectivity index (χ2v) is 5.60. The zero-order valence-electron chi connectivity index (χ0n) is 10.3. The van der Waals surface area contributed by atoms with Crippen molar-refractivity contribution >= 4 is 27.3 Å². The van der Waals surface area contributed by atoms with Crippen molar-refractivity contribution in [1.82, 2.24) is 9.78 Å². The molecule has 0 amide bonds. The van der Waals surface area contributed by atoms with Crippen molar-refractivity contribution in [1.29, 1.82) is 0 Å². The van der Waals surface area contributed by atoms with Gasteiger partial charge in [0.1, 0.15) is 6.10 Å². The maximum Gasteiger partial charge on any atom is 0.123 e. The van der Waals surface area contributed by atoms with Gasteiger partial charge < -0.3 is 9.84 Å². The Kier molecular flexibility index (Phi) is 4.55. The highest BCUT2D eigenvalue weighted by Gasteiger charge is 2.21. The van der Waals surface area contributed by atoms with Gasteiger partial charge in [-0.15, -0.1) is 0 Å². The Morgan fingerprint density at radius 3 is 2.94 bits per heavy atom. The van der Waals surface area contributed by atoms with Crippen LogP contribution in [0.3, 0.4) is 0 Å². The Balaban J connectivity index is 2.32.